The van der Waals surface area contributed by atoms with Crippen LogP contribution in [0.1, 0.15) is 24.1 Å². The van der Waals surface area contributed by atoms with Crippen LogP contribution in [-0.2, 0) is 11.3 Å². The molecule has 3 fully saturated rings. The normalized spacial score (nSPS) is 23.1. The van der Waals surface area contributed by atoms with Crippen LogP contribution in [0.3, 0.4) is 0 Å². The highest BCUT2D eigenvalue weighted by Gasteiger charge is 2.47. The highest BCUT2D eigenvalue weighted by molar-refractivity contribution is 7.09. The molecule has 6 nitrogen and oxygen atoms in total. The SMILES string of the molecule is O=C(O[C@H]1C[N+]2(CCCOc3cccc(O)c3)CCC1CC2)N(Cc1cccs1)c1ccccc1. The van der Waals surface area contributed by atoms with E-state index in [0.29, 0.717) is 24.8 Å². The third kappa shape index (κ3) is 5.80. The van der Waals surface area contributed by atoms with Gasteiger partial charge in [0.1, 0.15) is 18.0 Å². The third-order valence-corrected chi connectivity index (χ3v) is 8.20. The van der Waals surface area contributed by atoms with E-state index in [1.54, 1.807) is 34.4 Å². The van der Waals surface area contributed by atoms with Crippen LogP contribution in [-0.4, -0.2) is 54.6 Å². The highest BCUT2D eigenvalue weighted by Crippen LogP contribution is 2.36. The molecule has 0 unspecified atom stereocenters. The number of quaternary nitrogens is 1. The van der Waals surface area contributed by atoms with Crippen molar-refractivity contribution in [2.45, 2.75) is 31.9 Å². The molecule has 35 heavy (non-hydrogen) atoms. The summed E-state index contributed by atoms with van der Waals surface area (Å²) in [6.07, 6.45) is 2.82. The van der Waals surface area contributed by atoms with Crippen molar-refractivity contribution in [2.75, 3.05) is 37.7 Å². The van der Waals surface area contributed by atoms with Gasteiger partial charge in [0.15, 0.2) is 6.10 Å². The summed E-state index contributed by atoms with van der Waals surface area (Å²) in [7, 11) is 0. The molecule has 3 aliphatic heterocycles. The average Bonchev–Trinajstić information content (AvgIpc) is 3.40. The lowest BCUT2D eigenvalue weighted by atomic mass is 9.83. The molecule has 3 saturated heterocycles. The Kier molecular flexibility index (Phi) is 7.25. The smallest absolute Gasteiger partial charge is 0.415 e. The second kappa shape index (κ2) is 10.7. The van der Waals surface area contributed by atoms with Crippen molar-refractivity contribution in [3.05, 3.63) is 77.0 Å². The number of thiophene rings is 1. The van der Waals surface area contributed by atoms with E-state index in [9.17, 15) is 9.90 Å². The summed E-state index contributed by atoms with van der Waals surface area (Å²) in [4.78, 5) is 16.3. The van der Waals surface area contributed by atoms with Crippen molar-refractivity contribution in [1.29, 1.82) is 0 Å². The number of nitrogens with zero attached hydrogens (tertiary/aromatic N) is 2. The molecule has 0 saturated carbocycles. The molecule has 2 bridgehead atoms. The van der Waals surface area contributed by atoms with E-state index in [0.717, 1.165) is 60.5 Å². The Bertz CT molecular complexity index is 1100. The Labute approximate surface area is 210 Å². The lowest BCUT2D eigenvalue weighted by Crippen LogP contribution is -2.65. The summed E-state index contributed by atoms with van der Waals surface area (Å²) in [5.74, 6) is 1.36. The number of para-hydroxylation sites is 1. The van der Waals surface area contributed by atoms with Gasteiger partial charge in [-0.25, -0.2) is 4.79 Å². The van der Waals surface area contributed by atoms with E-state index in [2.05, 4.69) is 6.07 Å². The number of hydrogen-bond donors (Lipinski definition) is 1. The predicted octanol–water partition coefficient (Wildman–Crippen LogP) is 5.68. The summed E-state index contributed by atoms with van der Waals surface area (Å²) in [6.45, 7) is 5.30. The lowest BCUT2D eigenvalue weighted by molar-refractivity contribution is -0.946. The monoisotopic (exact) mass is 493 g/mol. The first-order valence-electron chi connectivity index (χ1n) is 12.4. The number of anilines is 1. The number of benzene rings is 2. The van der Waals surface area contributed by atoms with Crippen LogP contribution in [0, 0.1) is 5.92 Å². The van der Waals surface area contributed by atoms with Crippen LogP contribution < -0.4 is 9.64 Å². The molecule has 0 spiro atoms. The van der Waals surface area contributed by atoms with Gasteiger partial charge in [0.2, 0.25) is 0 Å². The van der Waals surface area contributed by atoms with Crippen molar-refractivity contribution in [3.63, 3.8) is 0 Å². The number of rotatable bonds is 9. The maximum absolute atomic E-state index is 13.4. The molecule has 4 heterocycles. The molecule has 0 radical (unpaired) electrons. The quantitative estimate of drug-likeness (QED) is 0.308. The van der Waals surface area contributed by atoms with Crippen LogP contribution in [0.2, 0.25) is 0 Å². The number of carbonyl (C=O) groups is 1. The maximum atomic E-state index is 13.4. The van der Waals surface area contributed by atoms with Crippen LogP contribution in [0.4, 0.5) is 10.5 Å². The molecule has 1 amide bonds. The molecule has 2 aromatic carbocycles. The van der Waals surface area contributed by atoms with Gasteiger partial charge in [-0.1, -0.05) is 30.3 Å². The Morgan fingerprint density at radius 3 is 2.63 bits per heavy atom. The van der Waals surface area contributed by atoms with E-state index < -0.39 is 0 Å². The molecule has 3 aromatic rings. The Morgan fingerprint density at radius 2 is 1.89 bits per heavy atom. The minimum Gasteiger partial charge on any atom is -0.508 e. The summed E-state index contributed by atoms with van der Waals surface area (Å²) in [6, 6.07) is 20.8. The molecule has 3 aliphatic rings. The molecule has 0 aliphatic carbocycles. The zero-order chi connectivity index (χ0) is 24.1. The molecule has 184 valence electrons. The van der Waals surface area contributed by atoms with E-state index in [-0.39, 0.29) is 17.9 Å². The van der Waals surface area contributed by atoms with Crippen LogP contribution in [0.15, 0.2) is 72.1 Å². The van der Waals surface area contributed by atoms with Crippen LogP contribution in [0.5, 0.6) is 11.5 Å². The van der Waals surface area contributed by atoms with Gasteiger partial charge in [0.05, 0.1) is 32.8 Å². The average molecular weight is 494 g/mol. The largest absolute Gasteiger partial charge is 0.508 e. The van der Waals surface area contributed by atoms with E-state index >= 15 is 0 Å². The van der Waals surface area contributed by atoms with Gasteiger partial charge in [0.25, 0.3) is 0 Å². The fourth-order valence-electron chi connectivity index (χ4n) is 5.45. The van der Waals surface area contributed by atoms with E-state index in [4.69, 9.17) is 9.47 Å². The number of phenolic OH excluding ortho intramolecular Hbond substituents is 1. The number of amides is 1. The molecular formula is C28H33N2O4S+. The van der Waals surface area contributed by atoms with Gasteiger partial charge in [-0.05, 0) is 35.7 Å². The Hall–Kier alpha value is -3.03. The van der Waals surface area contributed by atoms with Crippen LogP contribution >= 0.6 is 11.3 Å². The van der Waals surface area contributed by atoms with Crippen molar-refractivity contribution >= 4 is 23.1 Å². The van der Waals surface area contributed by atoms with E-state index in [1.807, 2.05) is 47.8 Å². The first-order chi connectivity index (χ1) is 17.1. The van der Waals surface area contributed by atoms with Gasteiger partial charge in [-0.3, -0.25) is 4.90 Å². The van der Waals surface area contributed by atoms with Crippen molar-refractivity contribution in [1.82, 2.24) is 0 Å². The number of ether oxygens (including phenoxy) is 2. The van der Waals surface area contributed by atoms with Gasteiger partial charge in [0, 0.05) is 41.8 Å². The Balaban J connectivity index is 1.20. The number of piperidine rings is 3. The molecule has 6 rings (SSSR count). The van der Waals surface area contributed by atoms with E-state index in [1.165, 1.54) is 0 Å². The number of aromatic hydroxyl groups is 1. The predicted molar refractivity (Wildman–Crippen MR) is 138 cm³/mol. The fraction of sp³-hybridized carbons (Fsp3) is 0.393. The summed E-state index contributed by atoms with van der Waals surface area (Å²) in [5.41, 5.74) is 0.861. The highest BCUT2D eigenvalue weighted by atomic mass is 32.1. The third-order valence-electron chi connectivity index (χ3n) is 7.34. The van der Waals surface area contributed by atoms with Gasteiger partial charge >= 0.3 is 6.09 Å². The van der Waals surface area contributed by atoms with Crippen molar-refractivity contribution in [2.24, 2.45) is 5.92 Å². The fourth-order valence-corrected chi connectivity index (χ4v) is 6.15. The van der Waals surface area contributed by atoms with Gasteiger partial charge in [-0.2, -0.15) is 0 Å². The lowest BCUT2D eigenvalue weighted by Gasteiger charge is -2.52. The standard InChI is InChI=1S/C28H32N2O4S/c31-24-9-4-10-25(19-24)33-17-6-14-30-15-12-22(13-16-30)27(21-30)34-28(32)29(20-26-11-5-18-35-26)23-7-2-1-3-8-23/h1-5,7-11,18-19,22,27H,6,12-17,20-21H2/p+1/t22?,27-,30?/m0/s1. The number of hydrogen-bond acceptors (Lipinski definition) is 5. The zero-order valence-corrected chi connectivity index (χ0v) is 20.7. The van der Waals surface area contributed by atoms with Gasteiger partial charge in [-0.15, -0.1) is 11.3 Å². The molecular weight excluding hydrogens is 460 g/mol. The maximum Gasteiger partial charge on any atom is 0.415 e. The minimum atomic E-state index is -0.256. The summed E-state index contributed by atoms with van der Waals surface area (Å²) in [5, 5.41) is 11.7. The summed E-state index contributed by atoms with van der Waals surface area (Å²) < 4.78 is 13.1. The molecule has 1 N–H and O–H groups in total. The first kappa shape index (κ1) is 23.7. The van der Waals surface area contributed by atoms with Crippen molar-refractivity contribution < 1.29 is 23.9 Å². The number of carbonyl (C=O) groups excluding carboxylic acids is 1. The van der Waals surface area contributed by atoms with Crippen LogP contribution in [0.25, 0.3) is 0 Å². The first-order valence-corrected chi connectivity index (χ1v) is 13.3. The second-order valence-corrected chi connectivity index (χ2v) is 10.7. The second-order valence-electron chi connectivity index (χ2n) is 9.66. The van der Waals surface area contributed by atoms with Crippen molar-refractivity contribution in [3.8, 4) is 11.5 Å². The summed E-state index contributed by atoms with van der Waals surface area (Å²) >= 11 is 1.65. The molecule has 1 atom stereocenters. The molecule has 1 aromatic heterocycles. The molecule has 7 heteroatoms. The Morgan fingerprint density at radius 1 is 1.06 bits per heavy atom. The number of phenols is 1. The topological polar surface area (TPSA) is 59.0 Å². The zero-order valence-electron chi connectivity index (χ0n) is 19.9. The van der Waals surface area contributed by atoms with Gasteiger partial charge < -0.3 is 19.1 Å². The minimum absolute atomic E-state index is 0.0495. The number of fused-ring (bicyclic) bond motifs is 3.